The Balaban J connectivity index is 2.11. The Morgan fingerprint density at radius 1 is 1.28 bits per heavy atom. The third-order valence-corrected chi connectivity index (χ3v) is 2.36. The number of phenols is 2. The van der Waals surface area contributed by atoms with E-state index >= 15 is 0 Å². The van der Waals surface area contributed by atoms with Crippen LogP contribution in [0.25, 0.3) is 11.5 Å². The van der Waals surface area contributed by atoms with Crippen LogP contribution in [0.1, 0.15) is 12.7 Å². The number of aromatic hydroxyl groups is 2. The maximum Gasteiger partial charge on any atom is 0.258 e. The van der Waals surface area contributed by atoms with Crippen molar-refractivity contribution in [3.63, 3.8) is 0 Å². The first-order valence-electron chi connectivity index (χ1n) is 5.63. The fourth-order valence-corrected chi connectivity index (χ4v) is 1.44. The molecule has 1 heterocycles. The van der Waals surface area contributed by atoms with Crippen LogP contribution in [0.3, 0.4) is 0 Å². The van der Waals surface area contributed by atoms with Crippen molar-refractivity contribution in [1.29, 1.82) is 0 Å². The van der Waals surface area contributed by atoms with Crippen molar-refractivity contribution in [2.45, 2.75) is 13.3 Å². The highest BCUT2D eigenvalue weighted by molar-refractivity contribution is 5.58. The number of nitrogens with zero attached hydrogens (tertiary/aromatic N) is 2. The van der Waals surface area contributed by atoms with Crippen LogP contribution in [-0.2, 0) is 11.2 Å². The fourth-order valence-electron chi connectivity index (χ4n) is 1.44. The highest BCUT2D eigenvalue weighted by Crippen LogP contribution is 2.29. The minimum absolute atomic E-state index is 0.185. The summed E-state index contributed by atoms with van der Waals surface area (Å²) in [7, 11) is 0. The monoisotopic (exact) mass is 250 g/mol. The molecule has 6 nitrogen and oxygen atoms in total. The van der Waals surface area contributed by atoms with Crippen molar-refractivity contribution in [3.8, 4) is 23.0 Å². The van der Waals surface area contributed by atoms with Crippen LogP contribution >= 0.6 is 0 Å². The Bertz CT molecular complexity index is 525. The van der Waals surface area contributed by atoms with Gasteiger partial charge in [-0.2, -0.15) is 4.98 Å². The molecular formula is C12H14N2O4. The van der Waals surface area contributed by atoms with Crippen LogP contribution in [0, 0.1) is 0 Å². The highest BCUT2D eigenvalue weighted by Gasteiger charge is 2.10. The van der Waals surface area contributed by atoms with Crippen LogP contribution in [0.5, 0.6) is 11.5 Å². The predicted molar refractivity (Wildman–Crippen MR) is 63.3 cm³/mol. The van der Waals surface area contributed by atoms with E-state index in [0.29, 0.717) is 36.9 Å². The van der Waals surface area contributed by atoms with Gasteiger partial charge in [0.1, 0.15) is 0 Å². The topological polar surface area (TPSA) is 88.6 Å². The number of hydrogen-bond acceptors (Lipinski definition) is 6. The van der Waals surface area contributed by atoms with Gasteiger partial charge < -0.3 is 19.5 Å². The van der Waals surface area contributed by atoms with Crippen molar-refractivity contribution in [2.75, 3.05) is 13.2 Å². The van der Waals surface area contributed by atoms with Gasteiger partial charge in [0.15, 0.2) is 17.3 Å². The van der Waals surface area contributed by atoms with E-state index in [9.17, 15) is 10.2 Å². The molecule has 0 aliphatic rings. The molecule has 0 spiro atoms. The number of phenolic OH excluding ortho intramolecular Hbond substituents is 2. The van der Waals surface area contributed by atoms with Crippen molar-refractivity contribution >= 4 is 0 Å². The zero-order valence-electron chi connectivity index (χ0n) is 9.96. The summed E-state index contributed by atoms with van der Waals surface area (Å²) in [5.41, 5.74) is 0.556. The molecule has 0 saturated heterocycles. The van der Waals surface area contributed by atoms with Crippen LogP contribution in [0.15, 0.2) is 22.7 Å². The van der Waals surface area contributed by atoms with Gasteiger partial charge in [-0.3, -0.25) is 0 Å². The summed E-state index contributed by atoms with van der Waals surface area (Å²) in [6, 6.07) is 4.33. The molecule has 0 aliphatic carbocycles. The molecule has 2 N–H and O–H groups in total. The molecule has 0 aliphatic heterocycles. The van der Waals surface area contributed by atoms with E-state index in [0.717, 1.165) is 0 Å². The standard InChI is InChI=1S/C12H14N2O4/c1-2-17-6-5-11-13-12(18-14-11)8-3-4-9(15)10(16)7-8/h3-4,7,15-16H,2,5-6H2,1H3. The Labute approximate surface area is 104 Å². The zero-order valence-corrected chi connectivity index (χ0v) is 9.96. The number of ether oxygens (including phenoxy) is 1. The van der Waals surface area contributed by atoms with Gasteiger partial charge in [-0.25, -0.2) is 0 Å². The first-order valence-corrected chi connectivity index (χ1v) is 5.63. The van der Waals surface area contributed by atoms with Gasteiger partial charge in [-0.1, -0.05) is 5.16 Å². The maximum atomic E-state index is 9.38. The molecule has 2 aromatic rings. The zero-order chi connectivity index (χ0) is 13.0. The van der Waals surface area contributed by atoms with Gasteiger partial charge in [-0.15, -0.1) is 0 Å². The third-order valence-electron chi connectivity index (χ3n) is 2.36. The molecule has 96 valence electrons. The minimum Gasteiger partial charge on any atom is -0.504 e. The predicted octanol–water partition coefficient (Wildman–Crippen LogP) is 1.73. The average molecular weight is 250 g/mol. The quantitative estimate of drug-likeness (QED) is 0.620. The largest absolute Gasteiger partial charge is 0.504 e. The molecule has 18 heavy (non-hydrogen) atoms. The van der Waals surface area contributed by atoms with E-state index in [-0.39, 0.29) is 11.5 Å². The molecule has 6 heteroatoms. The smallest absolute Gasteiger partial charge is 0.258 e. The van der Waals surface area contributed by atoms with Gasteiger partial charge in [0.25, 0.3) is 5.89 Å². The second-order valence-electron chi connectivity index (χ2n) is 3.67. The second-order valence-corrected chi connectivity index (χ2v) is 3.67. The van der Waals surface area contributed by atoms with E-state index in [1.165, 1.54) is 12.1 Å². The lowest BCUT2D eigenvalue weighted by molar-refractivity contribution is 0.149. The first kappa shape index (κ1) is 12.4. The molecule has 0 atom stereocenters. The van der Waals surface area contributed by atoms with E-state index in [2.05, 4.69) is 10.1 Å². The second kappa shape index (κ2) is 5.50. The summed E-state index contributed by atoms with van der Waals surface area (Å²) >= 11 is 0. The van der Waals surface area contributed by atoms with Crippen LogP contribution < -0.4 is 0 Å². The van der Waals surface area contributed by atoms with E-state index in [4.69, 9.17) is 9.26 Å². The van der Waals surface area contributed by atoms with Crippen molar-refractivity contribution in [1.82, 2.24) is 10.1 Å². The summed E-state index contributed by atoms with van der Waals surface area (Å²) in [6.45, 7) is 3.10. The minimum atomic E-state index is -0.221. The lowest BCUT2D eigenvalue weighted by Crippen LogP contribution is -1.99. The Kier molecular flexibility index (Phi) is 3.78. The van der Waals surface area contributed by atoms with E-state index < -0.39 is 0 Å². The molecule has 0 saturated carbocycles. The van der Waals surface area contributed by atoms with Crippen molar-refractivity contribution in [3.05, 3.63) is 24.0 Å². The molecular weight excluding hydrogens is 236 g/mol. The number of hydrogen-bond donors (Lipinski definition) is 2. The Hall–Kier alpha value is -2.08. The van der Waals surface area contributed by atoms with E-state index in [1.54, 1.807) is 6.07 Å². The average Bonchev–Trinajstić information content (AvgIpc) is 2.82. The van der Waals surface area contributed by atoms with Crippen molar-refractivity contribution < 1.29 is 19.5 Å². The molecule has 1 aromatic carbocycles. The molecule has 2 rings (SSSR count). The SMILES string of the molecule is CCOCCc1noc(-c2ccc(O)c(O)c2)n1. The Morgan fingerprint density at radius 3 is 2.83 bits per heavy atom. The van der Waals surface area contributed by atoms with Crippen LogP contribution in [0.4, 0.5) is 0 Å². The summed E-state index contributed by atoms with van der Waals surface area (Å²) in [4.78, 5) is 4.17. The Morgan fingerprint density at radius 2 is 2.11 bits per heavy atom. The van der Waals surface area contributed by atoms with E-state index in [1.807, 2.05) is 6.92 Å². The molecule has 0 radical (unpaired) electrons. The lowest BCUT2D eigenvalue weighted by atomic mass is 10.2. The molecule has 0 bridgehead atoms. The molecule has 0 amide bonds. The van der Waals surface area contributed by atoms with Gasteiger partial charge in [0, 0.05) is 18.6 Å². The highest BCUT2D eigenvalue weighted by atomic mass is 16.5. The summed E-state index contributed by atoms with van der Waals surface area (Å²) in [5, 5.41) is 22.4. The molecule has 1 aromatic heterocycles. The van der Waals surface area contributed by atoms with Gasteiger partial charge in [-0.05, 0) is 25.1 Å². The van der Waals surface area contributed by atoms with Crippen LogP contribution in [-0.4, -0.2) is 33.6 Å². The normalized spacial score (nSPS) is 10.7. The van der Waals surface area contributed by atoms with Gasteiger partial charge in [0.05, 0.1) is 6.61 Å². The van der Waals surface area contributed by atoms with Gasteiger partial charge in [0.2, 0.25) is 0 Å². The summed E-state index contributed by atoms with van der Waals surface area (Å²) < 4.78 is 10.3. The third kappa shape index (κ3) is 2.78. The number of rotatable bonds is 5. The number of benzene rings is 1. The lowest BCUT2D eigenvalue weighted by Gasteiger charge is -1.98. The first-order chi connectivity index (χ1) is 8.70. The molecule has 0 unspecified atom stereocenters. The van der Waals surface area contributed by atoms with Crippen LogP contribution in [0.2, 0.25) is 0 Å². The maximum absolute atomic E-state index is 9.38. The fraction of sp³-hybridized carbons (Fsp3) is 0.333. The molecule has 0 fully saturated rings. The van der Waals surface area contributed by atoms with Crippen molar-refractivity contribution in [2.24, 2.45) is 0 Å². The number of aromatic nitrogens is 2. The summed E-state index contributed by atoms with van der Waals surface area (Å²) in [5.74, 6) is 0.444. The van der Waals surface area contributed by atoms with Gasteiger partial charge >= 0.3 is 0 Å². The summed E-state index contributed by atoms with van der Waals surface area (Å²) in [6.07, 6.45) is 0.571.